The third-order valence-electron chi connectivity index (χ3n) is 3.53. The Balaban J connectivity index is 2.28. The SMILES string of the molecule is C=C(N/N=N\C)NC(=O)c1n[nH]c(=O)c(C2CCCC2F)c1Cl. The van der Waals surface area contributed by atoms with Gasteiger partial charge in [-0.3, -0.25) is 9.59 Å². The van der Waals surface area contributed by atoms with Crippen molar-refractivity contribution in [2.75, 3.05) is 7.05 Å². The Kier molecular flexibility index (Phi) is 5.43. The van der Waals surface area contributed by atoms with Gasteiger partial charge in [-0.2, -0.15) is 10.2 Å². The number of aromatic amines is 1. The molecule has 10 heteroatoms. The third-order valence-corrected chi connectivity index (χ3v) is 3.91. The fraction of sp³-hybridized carbons (Fsp3) is 0.462. The van der Waals surface area contributed by atoms with Gasteiger partial charge in [-0.05, 0) is 19.3 Å². The second kappa shape index (κ2) is 7.32. The summed E-state index contributed by atoms with van der Waals surface area (Å²) in [4.78, 5) is 24.1. The van der Waals surface area contributed by atoms with Gasteiger partial charge in [0, 0.05) is 11.5 Å². The van der Waals surface area contributed by atoms with Crippen LogP contribution in [0.3, 0.4) is 0 Å². The van der Waals surface area contributed by atoms with Crippen molar-refractivity contribution in [2.45, 2.75) is 31.4 Å². The van der Waals surface area contributed by atoms with Crippen molar-refractivity contribution in [3.63, 3.8) is 0 Å². The number of carbonyl (C=O) groups excluding carboxylic acids is 1. The molecule has 23 heavy (non-hydrogen) atoms. The van der Waals surface area contributed by atoms with Crippen LogP contribution in [0.2, 0.25) is 5.02 Å². The van der Waals surface area contributed by atoms with E-state index in [1.165, 1.54) is 7.05 Å². The van der Waals surface area contributed by atoms with Crippen LogP contribution in [0.1, 0.15) is 41.2 Å². The number of rotatable bonds is 5. The zero-order valence-corrected chi connectivity index (χ0v) is 13.2. The summed E-state index contributed by atoms with van der Waals surface area (Å²) in [6.07, 6.45) is 0.370. The Morgan fingerprint density at radius 1 is 1.52 bits per heavy atom. The second-order valence-corrected chi connectivity index (χ2v) is 5.40. The van der Waals surface area contributed by atoms with Gasteiger partial charge in [-0.25, -0.2) is 14.9 Å². The van der Waals surface area contributed by atoms with Gasteiger partial charge in [0.25, 0.3) is 11.5 Å². The monoisotopic (exact) mass is 342 g/mol. The van der Waals surface area contributed by atoms with Crippen LogP contribution in [0.4, 0.5) is 4.39 Å². The summed E-state index contributed by atoms with van der Waals surface area (Å²) >= 11 is 6.14. The minimum atomic E-state index is -1.16. The molecule has 124 valence electrons. The lowest BCUT2D eigenvalue weighted by Crippen LogP contribution is -2.31. The van der Waals surface area contributed by atoms with Gasteiger partial charge in [0.2, 0.25) is 0 Å². The van der Waals surface area contributed by atoms with Crippen LogP contribution in [0, 0.1) is 0 Å². The van der Waals surface area contributed by atoms with Crippen LogP contribution in [0.5, 0.6) is 0 Å². The van der Waals surface area contributed by atoms with Crippen LogP contribution in [0.15, 0.2) is 27.5 Å². The van der Waals surface area contributed by atoms with E-state index < -0.39 is 23.6 Å². The molecule has 1 aliphatic carbocycles. The Morgan fingerprint density at radius 3 is 2.87 bits per heavy atom. The molecule has 0 saturated heterocycles. The van der Waals surface area contributed by atoms with E-state index in [0.29, 0.717) is 19.3 Å². The highest BCUT2D eigenvalue weighted by atomic mass is 35.5. The number of aromatic nitrogens is 2. The average molecular weight is 343 g/mol. The molecule has 1 aromatic rings. The highest BCUT2D eigenvalue weighted by Gasteiger charge is 2.34. The predicted molar refractivity (Wildman–Crippen MR) is 81.9 cm³/mol. The molecule has 0 aromatic carbocycles. The number of H-pyrrole nitrogens is 1. The zero-order chi connectivity index (χ0) is 17.0. The minimum Gasteiger partial charge on any atom is -0.306 e. The van der Waals surface area contributed by atoms with Crippen LogP contribution in [-0.4, -0.2) is 29.3 Å². The first-order valence-corrected chi connectivity index (χ1v) is 7.30. The first-order valence-electron chi connectivity index (χ1n) is 6.93. The maximum Gasteiger partial charge on any atom is 0.278 e. The van der Waals surface area contributed by atoms with Gasteiger partial charge in [-0.15, -0.1) is 0 Å². The van der Waals surface area contributed by atoms with Crippen LogP contribution < -0.4 is 16.3 Å². The minimum absolute atomic E-state index is 0.0513. The van der Waals surface area contributed by atoms with Gasteiger partial charge >= 0.3 is 0 Å². The molecule has 1 saturated carbocycles. The lowest BCUT2D eigenvalue weighted by Gasteiger charge is -2.15. The molecule has 8 nitrogen and oxygen atoms in total. The van der Waals surface area contributed by atoms with Crippen molar-refractivity contribution in [1.82, 2.24) is 20.9 Å². The number of hydrogen-bond acceptors (Lipinski definition) is 5. The quantitative estimate of drug-likeness (QED) is 0.559. The van der Waals surface area contributed by atoms with Crippen molar-refractivity contribution in [1.29, 1.82) is 0 Å². The van der Waals surface area contributed by atoms with Crippen molar-refractivity contribution in [2.24, 2.45) is 10.3 Å². The van der Waals surface area contributed by atoms with Gasteiger partial charge < -0.3 is 5.32 Å². The van der Waals surface area contributed by atoms with Crippen molar-refractivity contribution >= 4 is 17.5 Å². The summed E-state index contributed by atoms with van der Waals surface area (Å²) in [5.74, 6) is -1.28. The summed E-state index contributed by atoms with van der Waals surface area (Å²) in [7, 11) is 1.43. The predicted octanol–water partition coefficient (Wildman–Crippen LogP) is 1.82. The molecule has 1 amide bonds. The molecule has 1 heterocycles. The largest absolute Gasteiger partial charge is 0.306 e. The van der Waals surface area contributed by atoms with E-state index in [4.69, 9.17) is 11.6 Å². The van der Waals surface area contributed by atoms with E-state index >= 15 is 0 Å². The molecule has 1 fully saturated rings. The van der Waals surface area contributed by atoms with Gasteiger partial charge in [0.1, 0.15) is 12.0 Å². The summed E-state index contributed by atoms with van der Waals surface area (Å²) in [6.45, 7) is 3.52. The standard InChI is InChI=1S/C13H16ClFN6O2/c1-6(18-21-16-2)17-13(23)11-10(14)9(12(22)20-19-11)7-4-3-5-8(7)15/h7-8H,1,3-5H2,2H3,(H,16,18)(H,17,23)(H,20,22). The van der Waals surface area contributed by atoms with Gasteiger partial charge in [0.15, 0.2) is 5.69 Å². The maximum atomic E-state index is 13.9. The molecule has 0 aliphatic heterocycles. The summed E-state index contributed by atoms with van der Waals surface area (Å²) in [6, 6.07) is 0. The number of carbonyl (C=O) groups is 1. The Morgan fingerprint density at radius 2 is 2.26 bits per heavy atom. The summed E-state index contributed by atoms with van der Waals surface area (Å²) in [5, 5.41) is 14.9. The Hall–Kier alpha value is -2.29. The fourth-order valence-electron chi connectivity index (χ4n) is 2.50. The molecular formula is C13H16ClFN6O2. The maximum absolute atomic E-state index is 13.9. The second-order valence-electron chi connectivity index (χ2n) is 5.03. The lowest BCUT2D eigenvalue weighted by molar-refractivity contribution is 0.0957. The van der Waals surface area contributed by atoms with Crippen LogP contribution >= 0.6 is 11.6 Å². The Bertz CT molecular complexity index is 704. The molecule has 1 aliphatic rings. The summed E-state index contributed by atoms with van der Waals surface area (Å²) < 4.78 is 13.9. The van der Waals surface area contributed by atoms with E-state index in [2.05, 4.69) is 37.9 Å². The lowest BCUT2D eigenvalue weighted by atomic mass is 9.97. The van der Waals surface area contributed by atoms with Gasteiger partial charge in [-0.1, -0.05) is 23.4 Å². The molecule has 1 aromatic heterocycles. The topological polar surface area (TPSA) is 112 Å². The average Bonchev–Trinajstić information content (AvgIpc) is 2.91. The van der Waals surface area contributed by atoms with Gasteiger partial charge in [0.05, 0.1) is 12.1 Å². The molecule has 2 rings (SSSR count). The number of nitrogens with one attached hydrogen (secondary N) is 3. The first kappa shape index (κ1) is 17.1. The summed E-state index contributed by atoms with van der Waals surface area (Å²) in [5.41, 5.74) is 1.63. The highest BCUT2D eigenvalue weighted by molar-refractivity contribution is 6.34. The highest BCUT2D eigenvalue weighted by Crippen LogP contribution is 2.38. The molecule has 0 spiro atoms. The third kappa shape index (κ3) is 3.73. The van der Waals surface area contributed by atoms with Crippen LogP contribution in [0.25, 0.3) is 0 Å². The van der Waals surface area contributed by atoms with E-state index in [0.717, 1.165) is 0 Å². The zero-order valence-electron chi connectivity index (χ0n) is 12.4. The molecule has 2 unspecified atom stereocenters. The fourth-order valence-corrected chi connectivity index (χ4v) is 2.85. The number of hydrogen-bond donors (Lipinski definition) is 3. The number of halogens is 2. The van der Waals surface area contributed by atoms with E-state index in [1.54, 1.807) is 0 Å². The van der Waals surface area contributed by atoms with Crippen LogP contribution in [-0.2, 0) is 0 Å². The van der Waals surface area contributed by atoms with Crippen molar-refractivity contribution in [3.05, 3.63) is 39.0 Å². The first-order chi connectivity index (χ1) is 11.0. The molecule has 2 atom stereocenters. The molecule has 3 N–H and O–H groups in total. The number of nitrogens with zero attached hydrogens (tertiary/aromatic N) is 3. The van der Waals surface area contributed by atoms with Crippen molar-refractivity contribution in [3.8, 4) is 0 Å². The Labute approximate surface area is 136 Å². The molecule has 0 radical (unpaired) electrons. The smallest absolute Gasteiger partial charge is 0.278 e. The van der Waals surface area contributed by atoms with E-state index in [9.17, 15) is 14.0 Å². The molecule has 0 bridgehead atoms. The van der Waals surface area contributed by atoms with E-state index in [1.807, 2.05) is 0 Å². The van der Waals surface area contributed by atoms with Crippen molar-refractivity contribution < 1.29 is 9.18 Å². The number of amides is 1. The number of alkyl halides is 1. The molecular weight excluding hydrogens is 327 g/mol. The van der Waals surface area contributed by atoms with E-state index in [-0.39, 0.29) is 22.1 Å². The normalized spacial score (nSPS) is 20.7.